The van der Waals surface area contributed by atoms with E-state index in [-0.39, 0.29) is 24.9 Å². The van der Waals surface area contributed by atoms with E-state index in [4.69, 9.17) is 16.9 Å². The number of carbonyl (C=O) groups is 1. The number of halogens is 1. The average Bonchev–Trinajstić information content (AvgIpc) is 2.25. The summed E-state index contributed by atoms with van der Waals surface area (Å²) in [5.41, 5.74) is 12.3. The molecule has 7 heteroatoms. The molecular weight excluding hydrogens is 254 g/mol. The van der Waals surface area contributed by atoms with Crippen LogP contribution in [-0.4, -0.2) is 31.0 Å². The molecule has 0 bridgehead atoms. The van der Waals surface area contributed by atoms with E-state index < -0.39 is 6.03 Å². The number of nitrogens with zero attached hydrogens (tertiary/aromatic N) is 2. The number of primary amides is 1. The summed E-state index contributed by atoms with van der Waals surface area (Å²) in [6.07, 6.45) is 0. The predicted octanol–water partition coefficient (Wildman–Crippen LogP) is 0.949. The third-order valence-electron chi connectivity index (χ3n) is 2.35. The molecule has 5 N–H and O–H groups in total. The standard InChI is InChI=1S/C11H17N5O.ClH/c1-15(2)9-5-3-8(4-6-9)7-16(10(12)13)11(14)17;/h3-6H,7H2,1-2H3,(H3,12,13)(H2,14,17);1H. The number of hydrogen-bond acceptors (Lipinski definition) is 3. The molecular formula is C11H18ClN5O. The van der Waals surface area contributed by atoms with Crippen LogP contribution in [0.3, 0.4) is 0 Å². The van der Waals surface area contributed by atoms with Crippen molar-refractivity contribution in [2.45, 2.75) is 6.54 Å². The van der Waals surface area contributed by atoms with Crippen LogP contribution >= 0.6 is 12.4 Å². The molecule has 0 spiro atoms. The van der Waals surface area contributed by atoms with Crippen LogP contribution in [-0.2, 0) is 6.54 Å². The van der Waals surface area contributed by atoms with Gasteiger partial charge in [0.2, 0.25) is 0 Å². The van der Waals surface area contributed by atoms with Crippen molar-refractivity contribution in [3.63, 3.8) is 0 Å². The normalized spacial score (nSPS) is 9.22. The van der Waals surface area contributed by atoms with Crippen molar-refractivity contribution in [2.75, 3.05) is 19.0 Å². The van der Waals surface area contributed by atoms with E-state index in [9.17, 15) is 4.79 Å². The van der Waals surface area contributed by atoms with Gasteiger partial charge in [-0.25, -0.2) is 4.79 Å². The maximum absolute atomic E-state index is 11.0. The number of nitrogens with two attached hydrogens (primary N) is 2. The van der Waals surface area contributed by atoms with E-state index in [1.807, 2.05) is 43.3 Å². The Balaban J connectivity index is 0.00000289. The Morgan fingerprint density at radius 3 is 2.06 bits per heavy atom. The molecule has 100 valence electrons. The largest absolute Gasteiger partial charge is 0.378 e. The molecule has 1 aromatic rings. The quantitative estimate of drug-likeness (QED) is 0.564. The Morgan fingerprint density at radius 2 is 1.72 bits per heavy atom. The number of guanidine groups is 1. The highest BCUT2D eigenvalue weighted by atomic mass is 35.5. The van der Waals surface area contributed by atoms with Gasteiger partial charge in [0.15, 0.2) is 5.96 Å². The van der Waals surface area contributed by atoms with Crippen LogP contribution in [0.4, 0.5) is 10.5 Å². The van der Waals surface area contributed by atoms with Gasteiger partial charge in [-0.15, -0.1) is 12.4 Å². The van der Waals surface area contributed by atoms with Crippen molar-refractivity contribution in [1.29, 1.82) is 5.41 Å². The number of urea groups is 1. The molecule has 0 heterocycles. The van der Waals surface area contributed by atoms with E-state index in [0.717, 1.165) is 16.2 Å². The van der Waals surface area contributed by atoms with Gasteiger partial charge in [0.1, 0.15) is 0 Å². The molecule has 0 aliphatic carbocycles. The first-order valence-corrected chi connectivity index (χ1v) is 5.09. The van der Waals surface area contributed by atoms with Crippen LogP contribution in [0.1, 0.15) is 5.56 Å². The number of benzene rings is 1. The van der Waals surface area contributed by atoms with Crippen LogP contribution in [0, 0.1) is 5.41 Å². The SMILES string of the molecule is CN(C)c1ccc(CN(C(=N)N)C(N)=O)cc1.Cl. The second-order valence-corrected chi connectivity index (χ2v) is 3.87. The fourth-order valence-corrected chi connectivity index (χ4v) is 1.36. The van der Waals surface area contributed by atoms with Gasteiger partial charge in [-0.05, 0) is 17.7 Å². The summed E-state index contributed by atoms with van der Waals surface area (Å²) in [4.78, 5) is 14.0. The maximum Gasteiger partial charge on any atom is 0.321 e. The van der Waals surface area contributed by atoms with Crippen molar-refractivity contribution >= 4 is 30.1 Å². The van der Waals surface area contributed by atoms with Crippen LogP contribution in [0.15, 0.2) is 24.3 Å². The summed E-state index contributed by atoms with van der Waals surface area (Å²) in [5.74, 6) is -0.353. The number of carbonyl (C=O) groups excluding carboxylic acids is 1. The fourth-order valence-electron chi connectivity index (χ4n) is 1.36. The number of hydrogen-bond donors (Lipinski definition) is 3. The minimum Gasteiger partial charge on any atom is -0.378 e. The molecule has 0 unspecified atom stereocenters. The monoisotopic (exact) mass is 271 g/mol. The second-order valence-electron chi connectivity index (χ2n) is 3.87. The van der Waals surface area contributed by atoms with Crippen LogP contribution in [0.25, 0.3) is 0 Å². The lowest BCUT2D eigenvalue weighted by molar-refractivity contribution is 0.228. The molecule has 0 saturated heterocycles. The highest BCUT2D eigenvalue weighted by Crippen LogP contribution is 2.13. The first kappa shape index (κ1) is 16.1. The molecule has 0 aromatic heterocycles. The van der Waals surface area contributed by atoms with Crippen LogP contribution in [0.5, 0.6) is 0 Å². The maximum atomic E-state index is 11.0. The molecule has 1 rings (SSSR count). The van der Waals surface area contributed by atoms with Gasteiger partial charge in [0.05, 0.1) is 6.54 Å². The third-order valence-corrected chi connectivity index (χ3v) is 2.35. The zero-order valence-corrected chi connectivity index (χ0v) is 11.2. The van der Waals surface area contributed by atoms with Crippen molar-refractivity contribution < 1.29 is 4.79 Å². The fraction of sp³-hybridized carbons (Fsp3) is 0.273. The van der Waals surface area contributed by atoms with E-state index >= 15 is 0 Å². The molecule has 0 atom stereocenters. The molecule has 2 amide bonds. The lowest BCUT2D eigenvalue weighted by Crippen LogP contribution is -2.43. The summed E-state index contributed by atoms with van der Waals surface area (Å²) in [6, 6.07) is 6.86. The Bertz CT molecular complexity index is 404. The van der Waals surface area contributed by atoms with Crippen LogP contribution in [0.2, 0.25) is 0 Å². The predicted molar refractivity (Wildman–Crippen MR) is 75.1 cm³/mol. The molecule has 1 aromatic carbocycles. The molecule has 0 radical (unpaired) electrons. The van der Waals surface area contributed by atoms with Crippen LogP contribution < -0.4 is 16.4 Å². The third kappa shape index (κ3) is 4.14. The first-order chi connectivity index (χ1) is 7.91. The van der Waals surface area contributed by atoms with Gasteiger partial charge in [0.25, 0.3) is 0 Å². The van der Waals surface area contributed by atoms with E-state index in [2.05, 4.69) is 0 Å². The summed E-state index contributed by atoms with van der Waals surface area (Å²) in [7, 11) is 3.89. The Hall–Kier alpha value is -1.95. The summed E-state index contributed by atoms with van der Waals surface area (Å²) >= 11 is 0. The van der Waals surface area contributed by atoms with Gasteiger partial charge >= 0.3 is 6.03 Å². The van der Waals surface area contributed by atoms with Crippen molar-refractivity contribution in [2.24, 2.45) is 11.5 Å². The topological polar surface area (TPSA) is 99.4 Å². The number of anilines is 1. The van der Waals surface area contributed by atoms with Crippen molar-refractivity contribution in [1.82, 2.24) is 4.90 Å². The number of nitrogens with one attached hydrogen (secondary N) is 1. The molecule has 0 aliphatic rings. The van der Waals surface area contributed by atoms with Gasteiger partial charge < -0.3 is 16.4 Å². The number of amides is 2. The first-order valence-electron chi connectivity index (χ1n) is 5.09. The van der Waals surface area contributed by atoms with E-state index in [1.54, 1.807) is 0 Å². The summed E-state index contributed by atoms with van der Waals surface area (Å²) in [6.45, 7) is 0.207. The van der Waals surface area contributed by atoms with Gasteiger partial charge in [0, 0.05) is 19.8 Å². The Kier molecular flexibility index (Phi) is 5.98. The zero-order valence-electron chi connectivity index (χ0n) is 10.4. The van der Waals surface area contributed by atoms with E-state index in [0.29, 0.717) is 0 Å². The average molecular weight is 272 g/mol. The van der Waals surface area contributed by atoms with Gasteiger partial charge in [-0.1, -0.05) is 12.1 Å². The van der Waals surface area contributed by atoms with Gasteiger partial charge in [-0.3, -0.25) is 10.3 Å². The minimum absolute atomic E-state index is 0. The molecule has 18 heavy (non-hydrogen) atoms. The minimum atomic E-state index is -0.728. The lowest BCUT2D eigenvalue weighted by Gasteiger charge is -2.18. The summed E-state index contributed by atoms with van der Waals surface area (Å²) < 4.78 is 0. The molecule has 0 saturated carbocycles. The summed E-state index contributed by atoms with van der Waals surface area (Å²) in [5, 5.41) is 7.24. The van der Waals surface area contributed by atoms with Gasteiger partial charge in [-0.2, -0.15) is 0 Å². The Labute approximate surface area is 112 Å². The molecule has 0 fully saturated rings. The number of rotatable bonds is 3. The molecule has 6 nitrogen and oxygen atoms in total. The lowest BCUT2D eigenvalue weighted by atomic mass is 10.2. The highest BCUT2D eigenvalue weighted by Gasteiger charge is 2.12. The molecule has 0 aliphatic heterocycles. The van der Waals surface area contributed by atoms with Crippen molar-refractivity contribution in [3.05, 3.63) is 29.8 Å². The smallest absolute Gasteiger partial charge is 0.321 e. The Morgan fingerprint density at radius 1 is 1.22 bits per heavy atom. The highest BCUT2D eigenvalue weighted by molar-refractivity contribution is 5.92. The van der Waals surface area contributed by atoms with Crippen molar-refractivity contribution in [3.8, 4) is 0 Å². The second kappa shape index (κ2) is 6.70. The van der Waals surface area contributed by atoms with E-state index in [1.165, 1.54) is 0 Å². The zero-order chi connectivity index (χ0) is 13.0.